The first kappa shape index (κ1) is 18.4. The van der Waals surface area contributed by atoms with Gasteiger partial charge in [0, 0.05) is 23.5 Å². The van der Waals surface area contributed by atoms with Gasteiger partial charge in [-0.25, -0.2) is 0 Å². The maximum atomic E-state index is 12.4. The Balaban J connectivity index is 1.59. The fourth-order valence-electron chi connectivity index (χ4n) is 4.20. The molecule has 0 bridgehead atoms. The van der Waals surface area contributed by atoms with Crippen molar-refractivity contribution < 1.29 is 23.7 Å². The summed E-state index contributed by atoms with van der Waals surface area (Å²) in [7, 11) is 0. The van der Waals surface area contributed by atoms with Crippen molar-refractivity contribution in [3.8, 4) is 34.1 Å². The number of carbonyl (C=O) groups excluding carboxylic acids is 1. The second-order valence-corrected chi connectivity index (χ2v) is 7.42. The van der Waals surface area contributed by atoms with E-state index in [-0.39, 0.29) is 6.79 Å². The van der Waals surface area contributed by atoms with Gasteiger partial charge in [0.2, 0.25) is 6.79 Å². The van der Waals surface area contributed by atoms with Gasteiger partial charge < -0.3 is 29.2 Å². The topological polar surface area (TPSA) is 84.9 Å². The highest BCUT2D eigenvalue weighted by molar-refractivity contribution is 6.02. The summed E-state index contributed by atoms with van der Waals surface area (Å²) < 4.78 is 24.3. The van der Waals surface area contributed by atoms with Crippen LogP contribution in [0.15, 0.2) is 36.4 Å². The fourth-order valence-corrected chi connectivity index (χ4v) is 4.20. The molecular formula is C23H22N2O5. The number of hydrogen-bond donors (Lipinski definition) is 1. The van der Waals surface area contributed by atoms with Gasteiger partial charge in [-0.3, -0.25) is 4.79 Å². The Bertz CT molecular complexity index is 1160. The van der Waals surface area contributed by atoms with Crippen molar-refractivity contribution in [2.24, 2.45) is 5.73 Å². The molecular weight excluding hydrogens is 384 g/mol. The average molecular weight is 406 g/mol. The van der Waals surface area contributed by atoms with Crippen LogP contribution in [-0.2, 0) is 6.54 Å². The van der Waals surface area contributed by atoms with Crippen molar-refractivity contribution >= 4 is 5.91 Å². The summed E-state index contributed by atoms with van der Waals surface area (Å²) in [6, 6.07) is 11.6. The zero-order valence-electron chi connectivity index (χ0n) is 16.9. The molecule has 2 aliphatic rings. The van der Waals surface area contributed by atoms with E-state index in [1.165, 1.54) is 0 Å². The van der Waals surface area contributed by atoms with E-state index in [0.717, 1.165) is 39.6 Å². The number of primary amides is 1. The SMILES string of the molecule is Cc1c(C(N)=O)c(-c2ccc3c(c2)OCCO3)c(C)n1Cc1ccc2c(c1)OCO2. The lowest BCUT2D eigenvalue weighted by Gasteiger charge is -2.19. The number of carbonyl (C=O) groups is 1. The molecule has 0 fully saturated rings. The molecule has 2 aromatic carbocycles. The van der Waals surface area contributed by atoms with Crippen LogP contribution in [0, 0.1) is 13.8 Å². The molecule has 5 rings (SSSR count). The van der Waals surface area contributed by atoms with Crippen molar-refractivity contribution in [3.05, 3.63) is 58.9 Å². The Labute approximate surface area is 173 Å². The third kappa shape index (κ3) is 2.94. The number of ether oxygens (including phenoxy) is 4. The number of fused-ring (bicyclic) bond motifs is 2. The molecule has 3 heterocycles. The Morgan fingerprint density at radius 2 is 1.57 bits per heavy atom. The van der Waals surface area contributed by atoms with E-state index in [4.69, 9.17) is 24.7 Å². The molecule has 1 aromatic heterocycles. The van der Waals surface area contributed by atoms with Gasteiger partial charge in [0.05, 0.1) is 5.56 Å². The molecule has 1 amide bonds. The predicted molar refractivity (Wildman–Crippen MR) is 111 cm³/mol. The first-order valence-electron chi connectivity index (χ1n) is 9.81. The number of nitrogens with zero attached hydrogens (tertiary/aromatic N) is 1. The van der Waals surface area contributed by atoms with Crippen LogP contribution in [0.25, 0.3) is 11.1 Å². The lowest BCUT2D eigenvalue weighted by atomic mass is 9.99. The van der Waals surface area contributed by atoms with Crippen molar-refractivity contribution in [2.75, 3.05) is 20.0 Å². The minimum absolute atomic E-state index is 0.237. The largest absolute Gasteiger partial charge is 0.486 e. The molecule has 0 saturated carbocycles. The minimum atomic E-state index is -0.454. The maximum Gasteiger partial charge on any atom is 0.251 e. The normalized spacial score (nSPS) is 14.1. The van der Waals surface area contributed by atoms with Crippen LogP contribution in [0.2, 0.25) is 0 Å². The molecule has 0 saturated heterocycles. The van der Waals surface area contributed by atoms with E-state index in [9.17, 15) is 4.79 Å². The summed E-state index contributed by atoms with van der Waals surface area (Å²) in [5, 5.41) is 0. The molecule has 0 spiro atoms. The minimum Gasteiger partial charge on any atom is -0.486 e. The molecule has 0 unspecified atom stereocenters. The molecule has 2 aliphatic heterocycles. The first-order valence-corrected chi connectivity index (χ1v) is 9.81. The van der Waals surface area contributed by atoms with E-state index in [1.807, 2.05) is 50.2 Å². The van der Waals surface area contributed by atoms with Gasteiger partial charge in [-0.2, -0.15) is 0 Å². The highest BCUT2D eigenvalue weighted by Gasteiger charge is 2.24. The fraction of sp³-hybridized carbons (Fsp3) is 0.261. The molecule has 0 atom stereocenters. The maximum absolute atomic E-state index is 12.4. The van der Waals surface area contributed by atoms with Gasteiger partial charge in [0.25, 0.3) is 5.91 Å². The monoisotopic (exact) mass is 406 g/mol. The number of hydrogen-bond acceptors (Lipinski definition) is 5. The Morgan fingerprint density at radius 1 is 0.900 bits per heavy atom. The zero-order chi connectivity index (χ0) is 20.8. The quantitative estimate of drug-likeness (QED) is 0.718. The van der Waals surface area contributed by atoms with Gasteiger partial charge in [0.15, 0.2) is 23.0 Å². The predicted octanol–water partition coefficient (Wildman–Crippen LogP) is 3.42. The van der Waals surface area contributed by atoms with Crippen LogP contribution in [0.3, 0.4) is 0 Å². The molecule has 7 nitrogen and oxygen atoms in total. The number of nitrogens with two attached hydrogens (primary N) is 1. The van der Waals surface area contributed by atoms with Gasteiger partial charge in [-0.1, -0.05) is 12.1 Å². The van der Waals surface area contributed by atoms with Crippen LogP contribution in [0.1, 0.15) is 27.3 Å². The summed E-state index contributed by atoms with van der Waals surface area (Å²) in [6.07, 6.45) is 0. The summed E-state index contributed by atoms with van der Waals surface area (Å²) in [6.45, 7) is 5.77. The molecule has 0 aliphatic carbocycles. The van der Waals surface area contributed by atoms with Crippen LogP contribution in [-0.4, -0.2) is 30.5 Å². The highest BCUT2D eigenvalue weighted by Crippen LogP contribution is 2.39. The van der Waals surface area contributed by atoms with Gasteiger partial charge in [-0.05, 0) is 49.2 Å². The standard InChI is InChI=1S/C23H22N2O5/c1-13-21(16-4-6-17-20(10-16)28-8-7-27-17)22(23(24)26)14(2)25(13)11-15-3-5-18-19(9-15)30-12-29-18/h3-6,9-10H,7-8,11-12H2,1-2H3,(H2,24,26). The van der Waals surface area contributed by atoms with Gasteiger partial charge in [0.1, 0.15) is 13.2 Å². The molecule has 7 heteroatoms. The number of aromatic nitrogens is 1. The number of benzene rings is 2. The van der Waals surface area contributed by atoms with Crippen molar-refractivity contribution in [2.45, 2.75) is 20.4 Å². The number of rotatable bonds is 4. The van der Waals surface area contributed by atoms with Crippen molar-refractivity contribution in [1.82, 2.24) is 4.57 Å². The van der Waals surface area contributed by atoms with Crippen LogP contribution in [0.5, 0.6) is 23.0 Å². The summed E-state index contributed by atoms with van der Waals surface area (Å²) >= 11 is 0. The average Bonchev–Trinajstić information content (AvgIpc) is 3.31. The summed E-state index contributed by atoms with van der Waals surface area (Å²) in [5.74, 6) is 2.41. The molecule has 2 N–H and O–H groups in total. The summed E-state index contributed by atoms with van der Waals surface area (Å²) in [4.78, 5) is 12.4. The zero-order valence-corrected chi connectivity index (χ0v) is 16.9. The van der Waals surface area contributed by atoms with Crippen molar-refractivity contribution in [1.29, 1.82) is 0 Å². The van der Waals surface area contributed by atoms with E-state index in [1.54, 1.807) is 0 Å². The molecule has 3 aromatic rings. The van der Waals surface area contributed by atoms with E-state index < -0.39 is 5.91 Å². The Hall–Kier alpha value is -3.61. The second-order valence-electron chi connectivity index (χ2n) is 7.42. The van der Waals surface area contributed by atoms with Crippen molar-refractivity contribution in [3.63, 3.8) is 0 Å². The van der Waals surface area contributed by atoms with E-state index in [0.29, 0.717) is 36.8 Å². The van der Waals surface area contributed by atoms with E-state index >= 15 is 0 Å². The summed E-state index contributed by atoms with van der Waals surface area (Å²) in [5.41, 5.74) is 10.8. The first-order chi connectivity index (χ1) is 14.5. The Morgan fingerprint density at radius 3 is 2.37 bits per heavy atom. The molecule has 0 radical (unpaired) electrons. The van der Waals surface area contributed by atoms with E-state index in [2.05, 4.69) is 4.57 Å². The lowest BCUT2D eigenvalue weighted by Crippen LogP contribution is -2.15. The molecule has 30 heavy (non-hydrogen) atoms. The van der Waals surface area contributed by atoms with Gasteiger partial charge >= 0.3 is 0 Å². The second kappa shape index (κ2) is 7.02. The lowest BCUT2D eigenvalue weighted by molar-refractivity contribution is 0.1000. The Kier molecular flexibility index (Phi) is 4.31. The van der Waals surface area contributed by atoms with Crippen LogP contribution in [0.4, 0.5) is 0 Å². The molecule has 154 valence electrons. The third-order valence-corrected chi connectivity index (χ3v) is 5.64. The van der Waals surface area contributed by atoms with Crippen LogP contribution >= 0.6 is 0 Å². The third-order valence-electron chi connectivity index (χ3n) is 5.64. The highest BCUT2D eigenvalue weighted by atomic mass is 16.7. The smallest absolute Gasteiger partial charge is 0.251 e. The number of amides is 1. The van der Waals surface area contributed by atoms with Gasteiger partial charge in [-0.15, -0.1) is 0 Å². The van der Waals surface area contributed by atoms with Crippen LogP contribution < -0.4 is 24.7 Å².